The number of fused-ring (bicyclic) bond motifs is 1. The summed E-state index contributed by atoms with van der Waals surface area (Å²) >= 11 is 5.51. The maximum atomic E-state index is 12.9. The fourth-order valence-corrected chi connectivity index (χ4v) is 2.19. The van der Waals surface area contributed by atoms with E-state index < -0.39 is 11.2 Å². The van der Waals surface area contributed by atoms with Crippen molar-refractivity contribution in [1.29, 1.82) is 0 Å². The van der Waals surface area contributed by atoms with Gasteiger partial charge in [-0.05, 0) is 53.6 Å². The van der Waals surface area contributed by atoms with Gasteiger partial charge in [0, 0.05) is 5.56 Å². The third kappa shape index (κ3) is 2.67. The van der Waals surface area contributed by atoms with Crippen LogP contribution in [-0.4, -0.2) is 10.2 Å². The Balaban J connectivity index is 2.04. The molecule has 1 atom stereocenters. The van der Waals surface area contributed by atoms with Crippen LogP contribution < -0.4 is 0 Å². The summed E-state index contributed by atoms with van der Waals surface area (Å²) < 4.78 is 18.6. The smallest absolute Gasteiger partial charge is 0.228 e. The van der Waals surface area contributed by atoms with Gasteiger partial charge >= 0.3 is 0 Å². The van der Waals surface area contributed by atoms with E-state index in [-0.39, 0.29) is 5.82 Å². The Bertz CT molecular complexity index is 811. The average molecular weight is 304 g/mol. The fourth-order valence-electron chi connectivity index (χ4n) is 2.06. The minimum atomic E-state index is -0.420. The van der Waals surface area contributed by atoms with Crippen LogP contribution in [-0.2, 0) is 4.79 Å². The Labute approximate surface area is 125 Å². The van der Waals surface area contributed by atoms with Crippen LogP contribution in [0.3, 0.4) is 0 Å². The van der Waals surface area contributed by atoms with E-state index in [1.165, 1.54) is 12.1 Å². The summed E-state index contributed by atoms with van der Waals surface area (Å²) in [6.45, 7) is 1.73. The lowest BCUT2D eigenvalue weighted by atomic mass is 10.0. The summed E-state index contributed by atoms with van der Waals surface area (Å²) in [6.07, 6.45) is 0. The first-order chi connectivity index (χ1) is 10.0. The van der Waals surface area contributed by atoms with Gasteiger partial charge in [0.25, 0.3) is 0 Å². The van der Waals surface area contributed by atoms with Crippen LogP contribution in [0.1, 0.15) is 18.4 Å². The summed E-state index contributed by atoms with van der Waals surface area (Å²) in [7, 11) is 0. The molecule has 0 aliphatic carbocycles. The molecular formula is C16H11ClFNO2. The van der Waals surface area contributed by atoms with Gasteiger partial charge in [-0.2, -0.15) is 0 Å². The second kappa shape index (κ2) is 5.30. The minimum absolute atomic E-state index is 0.313. The van der Waals surface area contributed by atoms with Gasteiger partial charge in [-0.25, -0.2) is 9.37 Å². The fraction of sp³-hybridized carbons (Fsp3) is 0.125. The van der Waals surface area contributed by atoms with E-state index in [0.29, 0.717) is 22.6 Å². The molecule has 0 saturated heterocycles. The summed E-state index contributed by atoms with van der Waals surface area (Å²) in [5, 5.41) is -0.420. The molecule has 0 bridgehead atoms. The highest BCUT2D eigenvalue weighted by Gasteiger charge is 2.15. The Kier molecular flexibility index (Phi) is 3.47. The van der Waals surface area contributed by atoms with Crippen LogP contribution in [0.25, 0.3) is 22.6 Å². The monoisotopic (exact) mass is 303 g/mol. The predicted molar refractivity (Wildman–Crippen MR) is 78.7 cm³/mol. The van der Waals surface area contributed by atoms with Crippen LogP contribution in [0.4, 0.5) is 4.39 Å². The number of hydrogen-bond acceptors (Lipinski definition) is 3. The zero-order valence-corrected chi connectivity index (χ0v) is 11.9. The molecule has 5 heteroatoms. The standard InChI is InChI=1S/C16H11ClFNO2/c1-9(15(17)20)11-4-7-14-13(8-11)19-16(21-14)10-2-5-12(18)6-3-10/h2-9H,1H3/t9-/m0/s1. The lowest BCUT2D eigenvalue weighted by molar-refractivity contribution is -0.112. The summed E-state index contributed by atoms with van der Waals surface area (Å²) in [5.74, 6) is -0.305. The van der Waals surface area contributed by atoms with Crippen molar-refractivity contribution in [3.05, 3.63) is 53.8 Å². The molecule has 0 aliphatic heterocycles. The normalized spacial score (nSPS) is 12.5. The van der Waals surface area contributed by atoms with Crippen molar-refractivity contribution in [1.82, 2.24) is 4.98 Å². The molecule has 0 aliphatic rings. The molecule has 3 rings (SSSR count). The van der Waals surface area contributed by atoms with Gasteiger partial charge in [0.05, 0.1) is 5.92 Å². The molecule has 0 N–H and O–H groups in total. The number of benzene rings is 2. The van der Waals surface area contributed by atoms with Crippen molar-refractivity contribution in [2.24, 2.45) is 0 Å². The predicted octanol–water partition coefficient (Wildman–Crippen LogP) is 4.50. The van der Waals surface area contributed by atoms with Gasteiger partial charge in [0.1, 0.15) is 11.3 Å². The molecule has 3 nitrogen and oxygen atoms in total. The molecule has 0 fully saturated rings. The summed E-state index contributed by atoms with van der Waals surface area (Å²) in [5.41, 5.74) is 2.71. The number of halogens is 2. The number of aromatic nitrogens is 1. The number of carbonyl (C=O) groups is 1. The molecule has 0 saturated carbocycles. The zero-order chi connectivity index (χ0) is 15.0. The topological polar surface area (TPSA) is 43.1 Å². The van der Waals surface area contributed by atoms with Crippen LogP contribution >= 0.6 is 11.6 Å². The molecular weight excluding hydrogens is 293 g/mol. The van der Waals surface area contributed by atoms with E-state index in [4.69, 9.17) is 16.0 Å². The SMILES string of the molecule is C[C@H](C(=O)Cl)c1ccc2oc(-c3ccc(F)cc3)nc2c1. The zero-order valence-electron chi connectivity index (χ0n) is 11.1. The Morgan fingerprint density at radius 1 is 1.24 bits per heavy atom. The lowest BCUT2D eigenvalue weighted by Gasteiger charge is -2.04. The van der Waals surface area contributed by atoms with Crippen LogP contribution in [0.15, 0.2) is 46.9 Å². The maximum absolute atomic E-state index is 12.9. The third-order valence-corrected chi connectivity index (χ3v) is 3.67. The van der Waals surface area contributed by atoms with Crippen molar-refractivity contribution >= 4 is 27.9 Å². The van der Waals surface area contributed by atoms with Crippen molar-refractivity contribution < 1.29 is 13.6 Å². The van der Waals surface area contributed by atoms with Crippen LogP contribution in [0.5, 0.6) is 0 Å². The van der Waals surface area contributed by atoms with Gasteiger partial charge in [-0.1, -0.05) is 13.0 Å². The number of carbonyl (C=O) groups excluding carboxylic acids is 1. The Morgan fingerprint density at radius 3 is 2.62 bits per heavy atom. The highest BCUT2D eigenvalue weighted by Crippen LogP contribution is 2.27. The number of nitrogens with zero attached hydrogens (tertiary/aromatic N) is 1. The molecule has 21 heavy (non-hydrogen) atoms. The molecule has 1 heterocycles. The maximum Gasteiger partial charge on any atom is 0.228 e. The molecule has 2 aromatic carbocycles. The molecule has 0 radical (unpaired) electrons. The van der Waals surface area contributed by atoms with Crippen LogP contribution in [0.2, 0.25) is 0 Å². The van der Waals surface area contributed by atoms with Crippen molar-refractivity contribution in [3.63, 3.8) is 0 Å². The van der Waals surface area contributed by atoms with E-state index in [0.717, 1.165) is 5.56 Å². The summed E-state index contributed by atoms with van der Waals surface area (Å²) in [6, 6.07) is 11.2. The first-order valence-electron chi connectivity index (χ1n) is 6.40. The Hall–Kier alpha value is -2.20. The highest BCUT2D eigenvalue weighted by molar-refractivity contribution is 6.64. The van der Waals surface area contributed by atoms with Crippen molar-refractivity contribution in [2.75, 3.05) is 0 Å². The second-order valence-electron chi connectivity index (χ2n) is 4.78. The first kappa shape index (κ1) is 13.8. The van der Waals surface area contributed by atoms with Crippen molar-refractivity contribution in [3.8, 4) is 11.5 Å². The van der Waals surface area contributed by atoms with Gasteiger partial charge in [0.2, 0.25) is 11.1 Å². The largest absolute Gasteiger partial charge is 0.436 e. The van der Waals surface area contributed by atoms with E-state index in [1.807, 2.05) is 0 Å². The van der Waals surface area contributed by atoms with E-state index in [9.17, 15) is 9.18 Å². The highest BCUT2D eigenvalue weighted by atomic mass is 35.5. The summed E-state index contributed by atoms with van der Waals surface area (Å²) in [4.78, 5) is 15.6. The van der Waals surface area contributed by atoms with Crippen molar-refractivity contribution in [2.45, 2.75) is 12.8 Å². The van der Waals surface area contributed by atoms with Gasteiger partial charge in [-0.15, -0.1) is 0 Å². The minimum Gasteiger partial charge on any atom is -0.436 e. The first-order valence-corrected chi connectivity index (χ1v) is 6.78. The molecule has 106 valence electrons. The third-order valence-electron chi connectivity index (χ3n) is 3.34. The van der Waals surface area contributed by atoms with Gasteiger partial charge in [0.15, 0.2) is 5.58 Å². The number of rotatable bonds is 3. The molecule has 1 aromatic heterocycles. The van der Waals surface area contributed by atoms with E-state index in [2.05, 4.69) is 4.98 Å². The number of hydrogen-bond donors (Lipinski definition) is 0. The molecule has 0 amide bonds. The van der Waals surface area contributed by atoms with E-state index in [1.54, 1.807) is 37.3 Å². The van der Waals surface area contributed by atoms with Gasteiger partial charge < -0.3 is 4.42 Å². The quantitative estimate of drug-likeness (QED) is 0.669. The molecule has 0 spiro atoms. The Morgan fingerprint density at radius 2 is 1.95 bits per heavy atom. The van der Waals surface area contributed by atoms with Crippen LogP contribution in [0, 0.1) is 5.82 Å². The molecule has 0 unspecified atom stereocenters. The lowest BCUT2D eigenvalue weighted by Crippen LogP contribution is -2.01. The number of oxazole rings is 1. The second-order valence-corrected chi connectivity index (χ2v) is 5.15. The molecule has 3 aromatic rings. The van der Waals surface area contributed by atoms with Gasteiger partial charge in [-0.3, -0.25) is 4.79 Å². The average Bonchev–Trinajstić information content (AvgIpc) is 2.89. The van der Waals surface area contributed by atoms with E-state index >= 15 is 0 Å².